The van der Waals surface area contributed by atoms with Crippen molar-refractivity contribution in [3.05, 3.63) is 56.9 Å². The Morgan fingerprint density at radius 2 is 1.89 bits per heavy atom. The second-order valence-electron chi connectivity index (χ2n) is 6.54. The number of hydrogen-bond acceptors (Lipinski definition) is 4. The van der Waals surface area contributed by atoms with Crippen molar-refractivity contribution < 1.29 is 18.7 Å². The molecular weight excluding hydrogens is 474 g/mol. The van der Waals surface area contributed by atoms with E-state index in [0.717, 1.165) is 9.13 Å². The number of hydrogen-bond donors (Lipinski definition) is 0. The molecule has 5 nitrogen and oxygen atoms in total. The van der Waals surface area contributed by atoms with Crippen molar-refractivity contribution in [1.29, 1.82) is 0 Å². The van der Waals surface area contributed by atoms with Gasteiger partial charge in [0.15, 0.2) is 11.5 Å². The number of ether oxygens (including phenoxy) is 2. The molecule has 2 aromatic rings. The van der Waals surface area contributed by atoms with E-state index >= 15 is 0 Å². The lowest BCUT2D eigenvalue weighted by Gasteiger charge is -2.16. The Kier molecular flexibility index (Phi) is 6.02. The van der Waals surface area contributed by atoms with Crippen LogP contribution in [0.25, 0.3) is 6.08 Å². The highest BCUT2D eigenvalue weighted by atomic mass is 127. The van der Waals surface area contributed by atoms with E-state index in [1.807, 2.05) is 26.0 Å². The maximum atomic E-state index is 13.2. The molecule has 2 aromatic carbocycles. The largest absolute Gasteiger partial charge is 0.493 e. The number of rotatable bonds is 5. The van der Waals surface area contributed by atoms with Crippen LogP contribution in [-0.2, 0) is 4.79 Å². The fraction of sp³-hybridized carbons (Fsp3) is 0.238. The average molecular weight is 494 g/mol. The van der Waals surface area contributed by atoms with Crippen molar-refractivity contribution in [3.8, 4) is 11.5 Å². The van der Waals surface area contributed by atoms with Gasteiger partial charge >= 0.3 is 0 Å². The van der Waals surface area contributed by atoms with Crippen molar-refractivity contribution in [2.24, 2.45) is 5.10 Å². The lowest BCUT2D eigenvalue weighted by molar-refractivity contribution is -0.114. The minimum absolute atomic E-state index is 0.0154. The first-order chi connectivity index (χ1) is 13.3. The summed E-state index contributed by atoms with van der Waals surface area (Å²) in [7, 11) is 1.58. The van der Waals surface area contributed by atoms with E-state index in [-0.39, 0.29) is 17.8 Å². The first kappa shape index (κ1) is 20.3. The number of anilines is 1. The van der Waals surface area contributed by atoms with Gasteiger partial charge in [-0.05, 0) is 91.4 Å². The summed E-state index contributed by atoms with van der Waals surface area (Å²) in [5, 5.41) is 5.60. The number of benzene rings is 2. The number of halogens is 2. The van der Waals surface area contributed by atoms with E-state index in [1.165, 1.54) is 29.3 Å². The average Bonchev–Trinajstić information content (AvgIpc) is 2.92. The summed E-state index contributed by atoms with van der Waals surface area (Å²) in [6, 6.07) is 9.41. The molecule has 1 amide bonds. The van der Waals surface area contributed by atoms with E-state index < -0.39 is 0 Å². The zero-order valence-corrected chi connectivity index (χ0v) is 18.2. The molecule has 0 aromatic heterocycles. The summed E-state index contributed by atoms with van der Waals surface area (Å²) in [6.07, 6.45) is 1.79. The molecule has 0 aliphatic carbocycles. The molecule has 0 radical (unpaired) electrons. The number of hydrazone groups is 1. The number of nitrogens with zero attached hydrogens (tertiary/aromatic N) is 2. The van der Waals surface area contributed by atoms with Gasteiger partial charge in [0.1, 0.15) is 5.82 Å². The molecule has 1 aliphatic heterocycles. The lowest BCUT2D eigenvalue weighted by atomic mass is 10.1. The van der Waals surface area contributed by atoms with Crippen LogP contribution >= 0.6 is 22.6 Å². The Balaban J connectivity index is 1.95. The number of carbonyl (C=O) groups is 1. The maximum Gasteiger partial charge on any atom is 0.280 e. The van der Waals surface area contributed by atoms with Gasteiger partial charge in [-0.25, -0.2) is 4.39 Å². The van der Waals surface area contributed by atoms with Crippen LogP contribution in [-0.4, -0.2) is 24.8 Å². The van der Waals surface area contributed by atoms with Gasteiger partial charge in [-0.3, -0.25) is 4.79 Å². The van der Waals surface area contributed by atoms with Crippen molar-refractivity contribution in [1.82, 2.24) is 0 Å². The first-order valence-corrected chi connectivity index (χ1v) is 9.79. The topological polar surface area (TPSA) is 51.1 Å². The van der Waals surface area contributed by atoms with Crippen LogP contribution < -0.4 is 14.5 Å². The normalized spacial score (nSPS) is 15.4. The molecule has 0 bridgehead atoms. The van der Waals surface area contributed by atoms with Gasteiger partial charge in [0.25, 0.3) is 5.91 Å². The molecule has 0 spiro atoms. The molecule has 3 rings (SSSR count). The van der Waals surface area contributed by atoms with Crippen molar-refractivity contribution >= 4 is 46.0 Å². The highest BCUT2D eigenvalue weighted by molar-refractivity contribution is 14.1. The van der Waals surface area contributed by atoms with E-state index in [1.54, 1.807) is 20.1 Å². The summed E-state index contributed by atoms with van der Waals surface area (Å²) in [5.41, 5.74) is 2.38. The van der Waals surface area contributed by atoms with E-state index in [4.69, 9.17) is 9.47 Å². The fourth-order valence-corrected chi connectivity index (χ4v) is 3.53. The highest BCUT2D eigenvalue weighted by Crippen LogP contribution is 2.36. The quantitative estimate of drug-likeness (QED) is 0.433. The molecule has 7 heteroatoms. The van der Waals surface area contributed by atoms with Gasteiger partial charge in [0.05, 0.1) is 33.8 Å². The number of methoxy groups -OCH3 is 1. The molecular formula is C21H20FIN2O3. The molecule has 0 saturated heterocycles. The van der Waals surface area contributed by atoms with Crippen LogP contribution in [0.1, 0.15) is 26.3 Å². The van der Waals surface area contributed by atoms with E-state index in [9.17, 15) is 9.18 Å². The number of amides is 1. The smallest absolute Gasteiger partial charge is 0.280 e. The molecule has 0 fully saturated rings. The standard InChI is InChI=1S/C21H20FIN2O3/c1-12(2)28-20-18(23)10-14(11-19(20)27-4)9-17-13(3)24-25(21(17)26)16-7-5-15(22)6-8-16/h5-12H,1-4H3. The van der Waals surface area contributed by atoms with Crippen LogP contribution in [0.5, 0.6) is 11.5 Å². The fourth-order valence-electron chi connectivity index (χ4n) is 2.78. The summed E-state index contributed by atoms with van der Waals surface area (Å²) < 4.78 is 25.3. The zero-order valence-electron chi connectivity index (χ0n) is 16.0. The maximum absolute atomic E-state index is 13.2. The Hall–Kier alpha value is -2.42. The van der Waals surface area contributed by atoms with Gasteiger partial charge in [0.2, 0.25) is 0 Å². The third-order valence-electron chi connectivity index (χ3n) is 4.05. The third-order valence-corrected chi connectivity index (χ3v) is 4.85. The summed E-state index contributed by atoms with van der Waals surface area (Å²) in [5.74, 6) is 0.650. The molecule has 0 saturated carbocycles. The molecule has 1 aliphatic rings. The van der Waals surface area contributed by atoms with Gasteiger partial charge in [-0.1, -0.05) is 0 Å². The van der Waals surface area contributed by atoms with Gasteiger partial charge < -0.3 is 9.47 Å². The van der Waals surface area contributed by atoms with E-state index in [0.29, 0.717) is 28.5 Å². The Labute approximate surface area is 177 Å². The minimum atomic E-state index is -0.364. The van der Waals surface area contributed by atoms with Crippen LogP contribution in [0, 0.1) is 9.39 Å². The zero-order chi connectivity index (χ0) is 20.4. The minimum Gasteiger partial charge on any atom is -0.493 e. The van der Waals surface area contributed by atoms with Crippen LogP contribution in [0.4, 0.5) is 10.1 Å². The monoisotopic (exact) mass is 494 g/mol. The summed E-state index contributed by atoms with van der Waals surface area (Å²) >= 11 is 2.19. The molecule has 28 heavy (non-hydrogen) atoms. The Bertz CT molecular complexity index is 968. The van der Waals surface area contributed by atoms with Gasteiger partial charge in [0, 0.05) is 0 Å². The Morgan fingerprint density at radius 3 is 2.50 bits per heavy atom. The summed E-state index contributed by atoms with van der Waals surface area (Å²) in [6.45, 7) is 5.67. The molecule has 0 unspecified atom stereocenters. The lowest BCUT2D eigenvalue weighted by Crippen LogP contribution is -2.21. The van der Waals surface area contributed by atoms with Gasteiger partial charge in [-0.15, -0.1) is 0 Å². The first-order valence-electron chi connectivity index (χ1n) is 8.71. The molecule has 0 atom stereocenters. The van der Waals surface area contributed by atoms with Crippen LogP contribution in [0.15, 0.2) is 47.1 Å². The summed E-state index contributed by atoms with van der Waals surface area (Å²) in [4.78, 5) is 12.8. The van der Waals surface area contributed by atoms with Crippen molar-refractivity contribution in [2.75, 3.05) is 12.1 Å². The van der Waals surface area contributed by atoms with Gasteiger partial charge in [-0.2, -0.15) is 10.1 Å². The van der Waals surface area contributed by atoms with Crippen LogP contribution in [0.3, 0.4) is 0 Å². The Morgan fingerprint density at radius 1 is 1.21 bits per heavy atom. The third kappa shape index (κ3) is 4.19. The predicted octanol–water partition coefficient (Wildman–Crippen LogP) is 5.03. The molecule has 146 valence electrons. The second kappa shape index (κ2) is 8.30. The predicted molar refractivity (Wildman–Crippen MR) is 116 cm³/mol. The second-order valence-corrected chi connectivity index (χ2v) is 7.70. The molecule has 1 heterocycles. The van der Waals surface area contributed by atoms with E-state index in [2.05, 4.69) is 27.7 Å². The van der Waals surface area contributed by atoms with Crippen molar-refractivity contribution in [3.63, 3.8) is 0 Å². The van der Waals surface area contributed by atoms with Crippen LogP contribution in [0.2, 0.25) is 0 Å². The van der Waals surface area contributed by atoms with Crippen molar-refractivity contribution in [2.45, 2.75) is 26.9 Å². The highest BCUT2D eigenvalue weighted by Gasteiger charge is 2.29. The SMILES string of the molecule is COc1cc(C=C2C(=O)N(c3ccc(F)cc3)N=C2C)cc(I)c1OC(C)C. The number of carbonyl (C=O) groups excluding carboxylic acids is 1. The molecule has 0 N–H and O–H groups in total.